The summed E-state index contributed by atoms with van der Waals surface area (Å²) < 4.78 is 5.81. The maximum atomic E-state index is 12.7. The summed E-state index contributed by atoms with van der Waals surface area (Å²) in [5, 5.41) is 2.91. The smallest absolute Gasteiger partial charge is 0.322 e. The van der Waals surface area contributed by atoms with Crippen LogP contribution in [0.2, 0.25) is 0 Å². The van der Waals surface area contributed by atoms with E-state index in [1.165, 1.54) is 0 Å². The first kappa shape index (κ1) is 18.8. The van der Waals surface area contributed by atoms with Gasteiger partial charge in [-0.05, 0) is 37.0 Å². The van der Waals surface area contributed by atoms with E-state index in [2.05, 4.69) is 5.32 Å². The summed E-state index contributed by atoms with van der Waals surface area (Å²) in [6.07, 6.45) is 2.94. The molecule has 3 amide bonds. The summed E-state index contributed by atoms with van der Waals surface area (Å²) in [6.45, 7) is 1.10. The second kappa shape index (κ2) is 9.07. The van der Waals surface area contributed by atoms with Crippen LogP contribution in [0.3, 0.4) is 0 Å². The van der Waals surface area contributed by atoms with Gasteiger partial charge in [-0.25, -0.2) is 4.79 Å². The number of ether oxygens (including phenoxy) is 1. The SMILES string of the molecule is NC(=O)C[C@@H]1CCCCN1C(=O)Nc1cccc(OCc2ccccc2)c1. The molecule has 1 aliphatic rings. The number of likely N-dealkylation sites (tertiary alicyclic amines) is 1. The Kier molecular flexibility index (Phi) is 6.30. The predicted molar refractivity (Wildman–Crippen MR) is 104 cm³/mol. The molecule has 0 aromatic heterocycles. The van der Waals surface area contributed by atoms with Crippen LogP contribution in [-0.4, -0.2) is 29.4 Å². The van der Waals surface area contributed by atoms with Crippen molar-refractivity contribution < 1.29 is 14.3 Å². The molecule has 6 heteroatoms. The lowest BCUT2D eigenvalue weighted by Crippen LogP contribution is -2.47. The number of nitrogens with two attached hydrogens (primary N) is 1. The van der Waals surface area contributed by atoms with Crippen molar-refractivity contribution in [2.45, 2.75) is 38.3 Å². The Morgan fingerprint density at radius 2 is 1.93 bits per heavy atom. The fraction of sp³-hybridized carbons (Fsp3) is 0.333. The third-order valence-electron chi connectivity index (χ3n) is 4.66. The minimum atomic E-state index is -0.379. The van der Waals surface area contributed by atoms with Crippen molar-refractivity contribution in [1.82, 2.24) is 4.90 Å². The molecule has 2 aromatic carbocycles. The van der Waals surface area contributed by atoms with Crippen molar-refractivity contribution in [2.75, 3.05) is 11.9 Å². The van der Waals surface area contributed by atoms with E-state index >= 15 is 0 Å². The average molecular weight is 367 g/mol. The van der Waals surface area contributed by atoms with Gasteiger partial charge in [-0.1, -0.05) is 36.4 Å². The predicted octanol–water partition coefficient (Wildman–Crippen LogP) is 3.53. The minimum Gasteiger partial charge on any atom is -0.489 e. The molecule has 0 unspecified atom stereocenters. The molecule has 2 aromatic rings. The standard InChI is InChI=1S/C21H25N3O3/c22-20(25)14-18-10-4-5-12-24(18)21(26)23-17-9-6-11-19(13-17)27-15-16-7-2-1-3-8-16/h1-3,6-9,11,13,18H,4-5,10,12,14-15H2,(H2,22,25)(H,23,26)/t18-/m0/s1. The molecule has 0 aliphatic carbocycles. The van der Waals surface area contributed by atoms with Crippen molar-refractivity contribution in [1.29, 1.82) is 0 Å². The Bertz CT molecular complexity index is 779. The topological polar surface area (TPSA) is 84.7 Å². The molecule has 1 aliphatic heterocycles. The van der Waals surface area contributed by atoms with Gasteiger partial charge in [0, 0.05) is 30.8 Å². The highest BCUT2D eigenvalue weighted by atomic mass is 16.5. The van der Waals surface area contributed by atoms with Crippen molar-refractivity contribution in [3.05, 3.63) is 60.2 Å². The summed E-state index contributed by atoms with van der Waals surface area (Å²) in [7, 11) is 0. The molecule has 0 radical (unpaired) electrons. The molecule has 6 nitrogen and oxygen atoms in total. The number of nitrogens with one attached hydrogen (secondary N) is 1. The Morgan fingerprint density at radius 1 is 1.11 bits per heavy atom. The van der Waals surface area contributed by atoms with Crippen LogP contribution in [0.15, 0.2) is 54.6 Å². The summed E-state index contributed by atoms with van der Waals surface area (Å²) in [6, 6.07) is 16.9. The van der Waals surface area contributed by atoms with Crippen LogP contribution in [-0.2, 0) is 11.4 Å². The van der Waals surface area contributed by atoms with Crippen molar-refractivity contribution in [3.8, 4) is 5.75 Å². The van der Waals surface area contributed by atoms with E-state index in [1.54, 1.807) is 11.0 Å². The second-order valence-electron chi connectivity index (χ2n) is 6.75. The van der Waals surface area contributed by atoms with Gasteiger partial charge in [0.05, 0.1) is 0 Å². The number of nitrogens with zero attached hydrogens (tertiary/aromatic N) is 1. The maximum Gasteiger partial charge on any atom is 0.322 e. The summed E-state index contributed by atoms with van der Waals surface area (Å²) in [5.41, 5.74) is 7.06. The number of primary amides is 1. The van der Waals surface area contributed by atoms with Crippen LogP contribution in [0.25, 0.3) is 0 Å². The largest absolute Gasteiger partial charge is 0.489 e. The second-order valence-corrected chi connectivity index (χ2v) is 6.75. The molecule has 0 bridgehead atoms. The van der Waals surface area contributed by atoms with Crippen molar-refractivity contribution in [3.63, 3.8) is 0 Å². The molecule has 0 saturated carbocycles. The lowest BCUT2D eigenvalue weighted by molar-refractivity contribution is -0.119. The molecule has 142 valence electrons. The molecule has 1 atom stereocenters. The van der Waals surface area contributed by atoms with Crippen LogP contribution < -0.4 is 15.8 Å². The van der Waals surface area contributed by atoms with Gasteiger partial charge in [-0.3, -0.25) is 4.79 Å². The van der Waals surface area contributed by atoms with E-state index in [0.717, 1.165) is 24.8 Å². The first-order valence-electron chi connectivity index (χ1n) is 9.24. The number of carbonyl (C=O) groups is 2. The van der Waals surface area contributed by atoms with Gasteiger partial charge in [0.15, 0.2) is 0 Å². The minimum absolute atomic E-state index is 0.131. The van der Waals surface area contributed by atoms with Gasteiger partial charge in [0.1, 0.15) is 12.4 Å². The number of benzene rings is 2. The van der Waals surface area contributed by atoms with Crippen molar-refractivity contribution in [2.24, 2.45) is 5.73 Å². The highest BCUT2D eigenvalue weighted by molar-refractivity contribution is 5.90. The van der Waals surface area contributed by atoms with Crippen LogP contribution >= 0.6 is 0 Å². The number of rotatable bonds is 6. The average Bonchev–Trinajstić information content (AvgIpc) is 2.67. The van der Waals surface area contributed by atoms with E-state index in [-0.39, 0.29) is 24.4 Å². The zero-order valence-corrected chi connectivity index (χ0v) is 15.3. The molecule has 3 rings (SSSR count). The van der Waals surface area contributed by atoms with E-state index in [4.69, 9.17) is 10.5 Å². The Hall–Kier alpha value is -3.02. The number of hydrogen-bond acceptors (Lipinski definition) is 3. The molecule has 1 heterocycles. The summed E-state index contributed by atoms with van der Waals surface area (Å²) in [4.78, 5) is 25.7. The highest BCUT2D eigenvalue weighted by Gasteiger charge is 2.27. The summed E-state index contributed by atoms with van der Waals surface area (Å²) in [5.74, 6) is 0.306. The number of carbonyl (C=O) groups excluding carboxylic acids is 2. The number of amides is 3. The van der Waals surface area contributed by atoms with Gasteiger partial charge in [-0.15, -0.1) is 0 Å². The number of piperidine rings is 1. The summed E-state index contributed by atoms with van der Waals surface area (Å²) >= 11 is 0. The van der Waals surface area contributed by atoms with Gasteiger partial charge < -0.3 is 20.7 Å². The first-order chi connectivity index (χ1) is 13.1. The van der Waals surface area contributed by atoms with Crippen LogP contribution in [0.1, 0.15) is 31.2 Å². The fourth-order valence-electron chi connectivity index (χ4n) is 3.31. The molecule has 27 heavy (non-hydrogen) atoms. The number of anilines is 1. The van der Waals surface area contributed by atoms with Crippen LogP contribution in [0.4, 0.5) is 10.5 Å². The molecule has 0 spiro atoms. The van der Waals surface area contributed by atoms with Crippen LogP contribution in [0, 0.1) is 0 Å². The number of urea groups is 1. The maximum absolute atomic E-state index is 12.7. The van der Waals surface area contributed by atoms with Crippen molar-refractivity contribution >= 4 is 17.6 Å². The highest BCUT2D eigenvalue weighted by Crippen LogP contribution is 2.23. The molecule has 3 N–H and O–H groups in total. The molecule has 1 saturated heterocycles. The third-order valence-corrected chi connectivity index (χ3v) is 4.66. The van der Waals surface area contributed by atoms with E-state index in [9.17, 15) is 9.59 Å². The Labute approximate surface area is 159 Å². The fourth-order valence-corrected chi connectivity index (χ4v) is 3.31. The van der Waals surface area contributed by atoms with Gasteiger partial charge in [0.2, 0.25) is 5.91 Å². The molecular formula is C21H25N3O3. The Morgan fingerprint density at radius 3 is 2.70 bits per heavy atom. The number of hydrogen-bond donors (Lipinski definition) is 2. The van der Waals surface area contributed by atoms with Crippen LogP contribution in [0.5, 0.6) is 5.75 Å². The van der Waals surface area contributed by atoms with Gasteiger partial charge in [0.25, 0.3) is 0 Å². The lowest BCUT2D eigenvalue weighted by Gasteiger charge is -2.35. The zero-order valence-electron chi connectivity index (χ0n) is 15.3. The Balaban J connectivity index is 1.61. The first-order valence-corrected chi connectivity index (χ1v) is 9.24. The van der Waals surface area contributed by atoms with E-state index < -0.39 is 0 Å². The van der Waals surface area contributed by atoms with Gasteiger partial charge in [-0.2, -0.15) is 0 Å². The molecule has 1 fully saturated rings. The monoisotopic (exact) mass is 367 g/mol. The zero-order chi connectivity index (χ0) is 19.1. The van der Waals surface area contributed by atoms with Gasteiger partial charge >= 0.3 is 6.03 Å². The van der Waals surface area contributed by atoms with E-state index in [0.29, 0.717) is 24.6 Å². The molecular weight excluding hydrogens is 342 g/mol. The third kappa shape index (κ3) is 5.48. The normalized spacial score (nSPS) is 16.6. The van der Waals surface area contributed by atoms with E-state index in [1.807, 2.05) is 48.5 Å². The quantitative estimate of drug-likeness (QED) is 0.819. The lowest BCUT2D eigenvalue weighted by atomic mass is 9.99.